The minimum Gasteiger partial charge on any atom is -0.369 e. The second-order valence-corrected chi connectivity index (χ2v) is 4.89. The average Bonchev–Trinajstić information content (AvgIpc) is 2.74. The molecule has 2 aromatic carbocycles. The van der Waals surface area contributed by atoms with Gasteiger partial charge in [-0.3, -0.25) is 4.57 Å². The number of halogens is 4. The van der Waals surface area contributed by atoms with Gasteiger partial charge in [0.05, 0.1) is 22.3 Å². The van der Waals surface area contributed by atoms with Gasteiger partial charge in [0.15, 0.2) is 0 Å². The fraction of sp³-hybridized carbons (Fsp3) is 0.0714. The lowest BCUT2D eigenvalue weighted by molar-refractivity contribution is -0.137. The maximum atomic E-state index is 13.2. The van der Waals surface area contributed by atoms with Crippen molar-refractivity contribution in [3.63, 3.8) is 0 Å². The molecule has 1 heterocycles. The summed E-state index contributed by atoms with van der Waals surface area (Å²) in [5.41, 5.74) is 5.86. The molecule has 3 rings (SSSR count). The molecule has 1 aromatic heterocycles. The number of imidazole rings is 1. The third kappa shape index (κ3) is 2.31. The topological polar surface area (TPSA) is 43.8 Å². The first-order chi connectivity index (χ1) is 9.88. The van der Waals surface area contributed by atoms with E-state index < -0.39 is 11.7 Å². The zero-order valence-corrected chi connectivity index (χ0v) is 11.3. The summed E-state index contributed by atoms with van der Waals surface area (Å²) in [6.45, 7) is 0. The summed E-state index contributed by atoms with van der Waals surface area (Å²) in [6, 6.07) is 10.4. The van der Waals surface area contributed by atoms with Crippen molar-refractivity contribution in [1.82, 2.24) is 9.55 Å². The molecule has 7 heteroatoms. The Balaban J connectivity index is 2.36. The van der Waals surface area contributed by atoms with E-state index in [-0.39, 0.29) is 16.7 Å². The summed E-state index contributed by atoms with van der Waals surface area (Å²) in [6.07, 6.45) is -4.54. The molecule has 0 aliphatic heterocycles. The van der Waals surface area contributed by atoms with Gasteiger partial charge in [0, 0.05) is 5.02 Å². The zero-order chi connectivity index (χ0) is 15.2. The quantitative estimate of drug-likeness (QED) is 0.729. The van der Waals surface area contributed by atoms with Crippen LogP contribution < -0.4 is 5.73 Å². The lowest BCUT2D eigenvalue weighted by atomic mass is 10.1. The van der Waals surface area contributed by atoms with Crippen LogP contribution in [0.1, 0.15) is 5.56 Å². The van der Waals surface area contributed by atoms with Gasteiger partial charge >= 0.3 is 6.18 Å². The minimum atomic E-state index is -4.54. The summed E-state index contributed by atoms with van der Waals surface area (Å²) in [7, 11) is 0. The maximum Gasteiger partial charge on any atom is 0.418 e. The molecule has 3 aromatic rings. The van der Waals surface area contributed by atoms with Crippen molar-refractivity contribution in [2.24, 2.45) is 0 Å². The molecule has 0 fully saturated rings. The van der Waals surface area contributed by atoms with Crippen LogP contribution in [0.5, 0.6) is 0 Å². The Morgan fingerprint density at radius 1 is 1.10 bits per heavy atom. The molecule has 0 radical (unpaired) electrons. The largest absolute Gasteiger partial charge is 0.418 e. The lowest BCUT2D eigenvalue weighted by Crippen LogP contribution is -2.12. The second-order valence-electron chi connectivity index (χ2n) is 4.45. The highest BCUT2D eigenvalue weighted by atomic mass is 35.5. The first-order valence-electron chi connectivity index (χ1n) is 5.98. The van der Waals surface area contributed by atoms with Crippen molar-refractivity contribution in [2.45, 2.75) is 6.18 Å². The van der Waals surface area contributed by atoms with Crippen molar-refractivity contribution in [2.75, 3.05) is 5.73 Å². The highest BCUT2D eigenvalue weighted by molar-refractivity contribution is 6.30. The number of nitrogens with zero attached hydrogens (tertiary/aromatic N) is 2. The van der Waals surface area contributed by atoms with Crippen molar-refractivity contribution in [3.05, 3.63) is 53.1 Å². The standard InChI is InChI=1S/C14H9ClF3N3/c15-8-5-6-11(9(7-8)14(16,17)18)21-12-4-2-1-3-10(12)20-13(21)19/h1-7H,(H2,19,20). The summed E-state index contributed by atoms with van der Waals surface area (Å²) in [5, 5.41) is 0.00840. The molecule has 0 bridgehead atoms. The summed E-state index contributed by atoms with van der Waals surface area (Å²) in [5.74, 6) is -0.0102. The SMILES string of the molecule is Nc1nc2ccccc2n1-c1ccc(Cl)cc1C(F)(F)F. The summed E-state index contributed by atoms with van der Waals surface area (Å²) < 4.78 is 40.9. The van der Waals surface area contributed by atoms with Gasteiger partial charge < -0.3 is 5.73 Å². The van der Waals surface area contributed by atoms with Gasteiger partial charge in [-0.25, -0.2) is 4.98 Å². The normalized spacial score (nSPS) is 12.0. The third-order valence-corrected chi connectivity index (χ3v) is 3.33. The predicted octanol–water partition coefficient (Wildman–Crippen LogP) is 4.28. The van der Waals surface area contributed by atoms with E-state index in [0.717, 1.165) is 6.07 Å². The van der Waals surface area contributed by atoms with Crippen LogP contribution in [0, 0.1) is 0 Å². The molecule has 2 N–H and O–H groups in total. The molecule has 0 atom stereocenters. The summed E-state index contributed by atoms with van der Waals surface area (Å²) >= 11 is 5.69. The van der Waals surface area contributed by atoms with Crippen LogP contribution in [0.3, 0.4) is 0 Å². The van der Waals surface area contributed by atoms with Crippen LogP contribution in [0.2, 0.25) is 5.02 Å². The highest BCUT2D eigenvalue weighted by Gasteiger charge is 2.35. The van der Waals surface area contributed by atoms with Crippen LogP contribution in [0.25, 0.3) is 16.7 Å². The number of nitrogen functional groups attached to an aromatic ring is 1. The molecule has 0 amide bonds. The smallest absolute Gasteiger partial charge is 0.369 e. The Morgan fingerprint density at radius 2 is 1.81 bits per heavy atom. The maximum absolute atomic E-state index is 13.2. The number of nitrogens with two attached hydrogens (primary N) is 1. The second kappa shape index (κ2) is 4.66. The van der Waals surface area contributed by atoms with E-state index >= 15 is 0 Å². The summed E-state index contributed by atoms with van der Waals surface area (Å²) in [4.78, 5) is 4.08. The highest BCUT2D eigenvalue weighted by Crippen LogP contribution is 2.37. The monoisotopic (exact) mass is 311 g/mol. The van der Waals surface area contributed by atoms with E-state index in [1.54, 1.807) is 24.3 Å². The average molecular weight is 312 g/mol. The number of alkyl halides is 3. The molecule has 108 valence electrons. The van der Waals surface area contributed by atoms with Crippen LogP contribution in [-0.4, -0.2) is 9.55 Å². The molecule has 0 spiro atoms. The van der Waals surface area contributed by atoms with Gasteiger partial charge in [0.1, 0.15) is 0 Å². The van der Waals surface area contributed by atoms with Gasteiger partial charge in [0.25, 0.3) is 0 Å². The minimum absolute atomic E-state index is 0.00840. The van der Waals surface area contributed by atoms with E-state index in [2.05, 4.69) is 4.98 Å². The van der Waals surface area contributed by atoms with E-state index in [1.165, 1.54) is 16.7 Å². The molecule has 0 saturated carbocycles. The lowest BCUT2D eigenvalue weighted by Gasteiger charge is -2.15. The Hall–Kier alpha value is -2.21. The van der Waals surface area contributed by atoms with Gasteiger partial charge in [-0.15, -0.1) is 0 Å². The van der Waals surface area contributed by atoms with Crippen LogP contribution in [-0.2, 0) is 6.18 Å². The number of fused-ring (bicyclic) bond motifs is 1. The predicted molar refractivity (Wildman–Crippen MR) is 75.5 cm³/mol. The van der Waals surface area contributed by atoms with E-state index in [0.29, 0.717) is 11.0 Å². The number of hydrogen-bond acceptors (Lipinski definition) is 2. The van der Waals surface area contributed by atoms with E-state index in [9.17, 15) is 13.2 Å². The fourth-order valence-electron chi connectivity index (χ4n) is 2.23. The number of aromatic nitrogens is 2. The van der Waals surface area contributed by atoms with Crippen molar-refractivity contribution < 1.29 is 13.2 Å². The van der Waals surface area contributed by atoms with E-state index in [4.69, 9.17) is 17.3 Å². The Morgan fingerprint density at radius 3 is 2.52 bits per heavy atom. The zero-order valence-electron chi connectivity index (χ0n) is 10.5. The first-order valence-corrected chi connectivity index (χ1v) is 6.36. The van der Waals surface area contributed by atoms with Gasteiger partial charge in [-0.05, 0) is 30.3 Å². The Bertz CT molecular complexity index is 824. The Labute approximate surface area is 122 Å². The number of hydrogen-bond donors (Lipinski definition) is 1. The van der Waals surface area contributed by atoms with Crippen molar-refractivity contribution >= 4 is 28.6 Å². The number of benzene rings is 2. The molecular formula is C14H9ClF3N3. The molecule has 0 saturated heterocycles. The number of anilines is 1. The molecule has 0 aliphatic rings. The molecule has 21 heavy (non-hydrogen) atoms. The van der Waals surface area contributed by atoms with Crippen molar-refractivity contribution in [1.29, 1.82) is 0 Å². The van der Waals surface area contributed by atoms with Crippen LogP contribution in [0.4, 0.5) is 19.1 Å². The molecule has 0 unspecified atom stereocenters. The van der Waals surface area contributed by atoms with Crippen LogP contribution >= 0.6 is 11.6 Å². The van der Waals surface area contributed by atoms with Gasteiger partial charge in [0.2, 0.25) is 5.95 Å². The van der Waals surface area contributed by atoms with Crippen LogP contribution in [0.15, 0.2) is 42.5 Å². The van der Waals surface area contributed by atoms with Crippen molar-refractivity contribution in [3.8, 4) is 5.69 Å². The molecule has 0 aliphatic carbocycles. The number of rotatable bonds is 1. The van der Waals surface area contributed by atoms with Gasteiger partial charge in [-0.1, -0.05) is 23.7 Å². The molecular weight excluding hydrogens is 303 g/mol. The van der Waals surface area contributed by atoms with Gasteiger partial charge in [-0.2, -0.15) is 13.2 Å². The first kappa shape index (κ1) is 13.8. The third-order valence-electron chi connectivity index (χ3n) is 3.09. The Kier molecular flexibility index (Phi) is 3.06. The number of para-hydroxylation sites is 2. The fourth-order valence-corrected chi connectivity index (χ4v) is 2.40. The van der Waals surface area contributed by atoms with E-state index in [1.807, 2.05) is 0 Å². The molecule has 3 nitrogen and oxygen atoms in total.